The zero-order valence-electron chi connectivity index (χ0n) is 12.3. The van der Waals surface area contributed by atoms with Crippen molar-refractivity contribution in [3.63, 3.8) is 0 Å². The molecular weight excluding hydrogens is 409 g/mol. The lowest BCUT2D eigenvalue weighted by atomic mass is 10.1. The van der Waals surface area contributed by atoms with E-state index in [0.717, 1.165) is 9.13 Å². The van der Waals surface area contributed by atoms with Gasteiger partial charge in [0.25, 0.3) is 5.91 Å². The van der Waals surface area contributed by atoms with E-state index in [1.807, 2.05) is 18.2 Å². The molecule has 0 radical (unpaired) electrons. The van der Waals surface area contributed by atoms with E-state index in [2.05, 4.69) is 27.9 Å². The maximum Gasteiger partial charge on any atom is 0.252 e. The SMILES string of the molecule is O=C(NCCC(O)c1ccc2c(c1)OCO2)c1ccccc1I. The van der Waals surface area contributed by atoms with Crippen LogP contribution in [-0.2, 0) is 0 Å². The number of carbonyl (C=O) groups excluding carboxylic acids is 1. The average molecular weight is 425 g/mol. The first-order valence-electron chi connectivity index (χ1n) is 7.25. The molecule has 2 aromatic rings. The van der Waals surface area contributed by atoms with Crippen LogP contribution in [0.1, 0.15) is 28.4 Å². The Morgan fingerprint density at radius 2 is 2.00 bits per heavy atom. The monoisotopic (exact) mass is 425 g/mol. The molecule has 1 heterocycles. The summed E-state index contributed by atoms with van der Waals surface area (Å²) in [6.07, 6.45) is -0.242. The van der Waals surface area contributed by atoms with Crippen LogP contribution in [0.15, 0.2) is 42.5 Å². The number of carbonyl (C=O) groups is 1. The van der Waals surface area contributed by atoms with E-state index < -0.39 is 6.10 Å². The predicted molar refractivity (Wildman–Crippen MR) is 93.6 cm³/mol. The second-order valence-electron chi connectivity index (χ2n) is 5.15. The summed E-state index contributed by atoms with van der Waals surface area (Å²) in [5.41, 5.74) is 1.39. The van der Waals surface area contributed by atoms with E-state index in [1.54, 1.807) is 24.3 Å². The topological polar surface area (TPSA) is 67.8 Å². The molecular formula is C17H16INO4. The fourth-order valence-electron chi connectivity index (χ4n) is 2.35. The molecule has 0 saturated heterocycles. The Labute approximate surface area is 147 Å². The summed E-state index contributed by atoms with van der Waals surface area (Å²) in [7, 11) is 0. The molecule has 1 amide bonds. The van der Waals surface area contributed by atoms with Crippen molar-refractivity contribution in [2.24, 2.45) is 0 Å². The summed E-state index contributed by atoms with van der Waals surface area (Å²) in [5, 5.41) is 13.1. The lowest BCUT2D eigenvalue weighted by Gasteiger charge is -2.12. The molecule has 0 fully saturated rings. The molecule has 5 nitrogen and oxygen atoms in total. The standard InChI is InChI=1S/C17H16INO4/c18-13-4-2-1-3-12(13)17(21)19-8-7-14(20)11-5-6-15-16(9-11)23-10-22-15/h1-6,9,14,20H,7-8,10H2,(H,19,21). The summed E-state index contributed by atoms with van der Waals surface area (Å²) in [5.74, 6) is 1.20. The zero-order chi connectivity index (χ0) is 16.2. The van der Waals surface area contributed by atoms with Gasteiger partial charge in [0, 0.05) is 10.1 Å². The number of nitrogens with one attached hydrogen (secondary N) is 1. The number of fused-ring (bicyclic) bond motifs is 1. The number of halogens is 1. The van der Waals surface area contributed by atoms with Gasteiger partial charge in [-0.25, -0.2) is 0 Å². The van der Waals surface area contributed by atoms with E-state index in [4.69, 9.17) is 9.47 Å². The molecule has 1 unspecified atom stereocenters. The fourth-order valence-corrected chi connectivity index (χ4v) is 2.98. The first kappa shape index (κ1) is 16.1. The summed E-state index contributed by atoms with van der Waals surface area (Å²) in [6, 6.07) is 12.8. The highest BCUT2D eigenvalue weighted by Crippen LogP contribution is 2.34. The Morgan fingerprint density at radius 1 is 1.22 bits per heavy atom. The number of ether oxygens (including phenoxy) is 2. The first-order chi connectivity index (χ1) is 11.1. The van der Waals surface area contributed by atoms with Crippen molar-refractivity contribution >= 4 is 28.5 Å². The molecule has 0 bridgehead atoms. The van der Waals surface area contributed by atoms with Gasteiger partial charge >= 0.3 is 0 Å². The summed E-state index contributed by atoms with van der Waals surface area (Å²) in [4.78, 5) is 12.1. The number of rotatable bonds is 5. The second-order valence-corrected chi connectivity index (χ2v) is 6.32. The van der Waals surface area contributed by atoms with Gasteiger partial charge in [-0.1, -0.05) is 18.2 Å². The van der Waals surface area contributed by atoms with Crippen molar-refractivity contribution in [1.29, 1.82) is 0 Å². The summed E-state index contributed by atoms with van der Waals surface area (Å²) in [6.45, 7) is 0.597. The average Bonchev–Trinajstić information content (AvgIpc) is 3.02. The number of aliphatic hydroxyl groups excluding tert-OH is 1. The molecule has 0 aromatic heterocycles. The van der Waals surface area contributed by atoms with Gasteiger partial charge in [0.2, 0.25) is 6.79 Å². The van der Waals surface area contributed by atoms with Gasteiger partial charge < -0.3 is 19.9 Å². The molecule has 120 valence electrons. The Morgan fingerprint density at radius 3 is 2.83 bits per heavy atom. The van der Waals surface area contributed by atoms with Crippen LogP contribution in [0.3, 0.4) is 0 Å². The van der Waals surface area contributed by atoms with Gasteiger partial charge in [0.05, 0.1) is 11.7 Å². The quantitative estimate of drug-likeness (QED) is 0.724. The molecule has 3 rings (SSSR count). The van der Waals surface area contributed by atoms with Crippen molar-refractivity contribution < 1.29 is 19.4 Å². The van der Waals surface area contributed by atoms with E-state index >= 15 is 0 Å². The van der Waals surface area contributed by atoms with E-state index in [0.29, 0.717) is 30.0 Å². The molecule has 2 aromatic carbocycles. The number of hydrogen-bond donors (Lipinski definition) is 2. The van der Waals surface area contributed by atoms with Gasteiger partial charge in [-0.2, -0.15) is 0 Å². The molecule has 0 saturated carbocycles. The van der Waals surface area contributed by atoms with Crippen molar-refractivity contribution in [2.45, 2.75) is 12.5 Å². The fraction of sp³-hybridized carbons (Fsp3) is 0.235. The zero-order valence-corrected chi connectivity index (χ0v) is 14.4. The number of amides is 1. The molecule has 1 aliphatic rings. The molecule has 1 aliphatic heterocycles. The van der Waals surface area contributed by atoms with Gasteiger partial charge in [0.15, 0.2) is 11.5 Å². The Kier molecular flexibility index (Phi) is 5.02. The lowest BCUT2D eigenvalue weighted by Crippen LogP contribution is -2.26. The highest BCUT2D eigenvalue weighted by molar-refractivity contribution is 14.1. The smallest absolute Gasteiger partial charge is 0.252 e. The highest BCUT2D eigenvalue weighted by atomic mass is 127. The third-order valence-electron chi connectivity index (χ3n) is 3.60. The first-order valence-corrected chi connectivity index (χ1v) is 8.33. The third kappa shape index (κ3) is 3.76. The Bertz CT molecular complexity index is 719. The van der Waals surface area contributed by atoms with Gasteiger partial charge in [-0.3, -0.25) is 4.79 Å². The third-order valence-corrected chi connectivity index (χ3v) is 4.54. The largest absolute Gasteiger partial charge is 0.454 e. The van der Waals surface area contributed by atoms with Crippen LogP contribution in [0.4, 0.5) is 0 Å². The summed E-state index contributed by atoms with van der Waals surface area (Å²) < 4.78 is 11.4. The van der Waals surface area contributed by atoms with Crippen molar-refractivity contribution in [1.82, 2.24) is 5.32 Å². The Hall–Kier alpha value is -1.80. The molecule has 0 aliphatic carbocycles. The number of hydrogen-bond acceptors (Lipinski definition) is 4. The normalized spacial score (nSPS) is 13.7. The molecule has 2 N–H and O–H groups in total. The maximum atomic E-state index is 12.1. The van der Waals surface area contributed by atoms with Crippen LogP contribution in [0.2, 0.25) is 0 Å². The van der Waals surface area contributed by atoms with Gasteiger partial charge in [0.1, 0.15) is 0 Å². The van der Waals surface area contributed by atoms with Gasteiger partial charge in [-0.15, -0.1) is 0 Å². The Balaban J connectivity index is 1.54. The molecule has 1 atom stereocenters. The van der Waals surface area contributed by atoms with E-state index in [1.165, 1.54) is 0 Å². The second kappa shape index (κ2) is 7.18. The summed E-state index contributed by atoms with van der Waals surface area (Å²) >= 11 is 2.13. The molecule has 6 heteroatoms. The highest BCUT2D eigenvalue weighted by Gasteiger charge is 2.17. The van der Waals surface area contributed by atoms with Crippen molar-refractivity contribution in [2.75, 3.05) is 13.3 Å². The predicted octanol–water partition coefficient (Wildman–Crippen LogP) is 2.87. The van der Waals surface area contributed by atoms with Crippen molar-refractivity contribution in [3.8, 4) is 11.5 Å². The molecule has 23 heavy (non-hydrogen) atoms. The van der Waals surface area contributed by atoms with Crippen molar-refractivity contribution in [3.05, 3.63) is 57.2 Å². The van der Waals surface area contributed by atoms with Crippen LogP contribution in [0.25, 0.3) is 0 Å². The minimum atomic E-state index is -0.667. The van der Waals surface area contributed by atoms with Crippen LogP contribution >= 0.6 is 22.6 Å². The van der Waals surface area contributed by atoms with Crippen LogP contribution in [0, 0.1) is 3.57 Å². The van der Waals surface area contributed by atoms with Crippen LogP contribution in [-0.4, -0.2) is 24.4 Å². The maximum absolute atomic E-state index is 12.1. The number of benzene rings is 2. The van der Waals surface area contributed by atoms with E-state index in [9.17, 15) is 9.90 Å². The molecule has 0 spiro atoms. The van der Waals surface area contributed by atoms with Crippen LogP contribution < -0.4 is 14.8 Å². The van der Waals surface area contributed by atoms with Gasteiger partial charge in [-0.05, 0) is 58.8 Å². The lowest BCUT2D eigenvalue weighted by molar-refractivity contribution is 0.0941. The number of aliphatic hydroxyl groups is 1. The van der Waals surface area contributed by atoms with Crippen LogP contribution in [0.5, 0.6) is 11.5 Å². The minimum absolute atomic E-state index is 0.132. The minimum Gasteiger partial charge on any atom is -0.454 e. The van der Waals surface area contributed by atoms with E-state index in [-0.39, 0.29) is 12.7 Å².